The zero-order valence-electron chi connectivity index (χ0n) is 6.45. The smallest absolute Gasteiger partial charge is 0.211 e. The third-order valence-electron chi connectivity index (χ3n) is 2.14. The van der Waals surface area contributed by atoms with Crippen molar-refractivity contribution in [3.05, 3.63) is 24.4 Å². The van der Waals surface area contributed by atoms with Gasteiger partial charge in [0.05, 0.1) is 5.69 Å². The van der Waals surface area contributed by atoms with E-state index < -0.39 is 6.55 Å². The molecule has 0 saturated heterocycles. The van der Waals surface area contributed by atoms with E-state index >= 15 is 0 Å². The number of hydrogen-bond acceptors (Lipinski definition) is 1. The minimum absolute atomic E-state index is 0.310. The first-order valence-electron chi connectivity index (χ1n) is 3.94. The van der Waals surface area contributed by atoms with Gasteiger partial charge in [-0.15, -0.1) is 0 Å². The number of halogens is 2. The maximum absolute atomic E-state index is 12.1. The van der Waals surface area contributed by atoms with Crippen molar-refractivity contribution >= 4 is 0 Å². The molecular formula is C8H9F2N2. The van der Waals surface area contributed by atoms with Crippen LogP contribution in [0.5, 0.6) is 0 Å². The van der Waals surface area contributed by atoms with Gasteiger partial charge in [-0.1, -0.05) is 0 Å². The minimum atomic E-state index is -2.51. The summed E-state index contributed by atoms with van der Waals surface area (Å²) in [7, 11) is 0. The second-order valence-electron chi connectivity index (χ2n) is 2.92. The summed E-state index contributed by atoms with van der Waals surface area (Å²) in [5.74, 6) is 0.310. The molecule has 1 aliphatic rings. The minimum Gasteiger partial charge on any atom is -0.211 e. The van der Waals surface area contributed by atoms with Crippen LogP contribution in [0.4, 0.5) is 8.78 Å². The lowest BCUT2D eigenvalue weighted by atomic mass is 9.83. The fraction of sp³-hybridized carbons (Fsp3) is 0.500. The summed E-state index contributed by atoms with van der Waals surface area (Å²) in [5, 5.41) is 3.77. The van der Waals surface area contributed by atoms with Gasteiger partial charge in [-0.2, -0.15) is 13.9 Å². The van der Waals surface area contributed by atoms with Gasteiger partial charge < -0.3 is 0 Å². The standard InChI is InChI=1S/C8H9F2N2/c9-8(10)12-5-4-7(11-12)6-2-1-3-6/h2,4-6,8H,1,3H2. The molecular weight excluding hydrogens is 162 g/mol. The van der Waals surface area contributed by atoms with E-state index in [0.717, 1.165) is 18.5 Å². The number of nitrogens with zero attached hydrogens (tertiary/aromatic N) is 2. The van der Waals surface area contributed by atoms with Crippen LogP contribution in [-0.4, -0.2) is 9.78 Å². The largest absolute Gasteiger partial charge is 0.333 e. The molecule has 0 bridgehead atoms. The SMILES string of the molecule is FC(F)n1ccc(C2[CH]CC2)n1. The molecule has 0 aromatic carbocycles. The van der Waals surface area contributed by atoms with Gasteiger partial charge in [-0.05, 0) is 25.3 Å². The first-order chi connectivity index (χ1) is 5.77. The van der Waals surface area contributed by atoms with E-state index in [4.69, 9.17) is 0 Å². The first-order valence-corrected chi connectivity index (χ1v) is 3.94. The fourth-order valence-corrected chi connectivity index (χ4v) is 1.26. The molecule has 1 saturated carbocycles. The molecule has 0 N–H and O–H groups in total. The molecule has 1 atom stereocenters. The molecule has 1 heterocycles. The molecule has 0 aliphatic heterocycles. The van der Waals surface area contributed by atoms with Crippen LogP contribution in [-0.2, 0) is 0 Å². The second kappa shape index (κ2) is 2.84. The van der Waals surface area contributed by atoms with Crippen molar-refractivity contribution < 1.29 is 8.78 Å². The molecule has 1 unspecified atom stereocenters. The molecule has 65 valence electrons. The first kappa shape index (κ1) is 7.71. The lowest BCUT2D eigenvalue weighted by Gasteiger charge is -2.22. The molecule has 12 heavy (non-hydrogen) atoms. The lowest BCUT2D eigenvalue weighted by Crippen LogP contribution is -2.11. The van der Waals surface area contributed by atoms with Crippen molar-refractivity contribution in [3.8, 4) is 0 Å². The molecule has 0 spiro atoms. The Labute approximate surface area is 69.2 Å². The van der Waals surface area contributed by atoms with E-state index in [2.05, 4.69) is 11.5 Å². The van der Waals surface area contributed by atoms with Crippen molar-refractivity contribution in [1.29, 1.82) is 0 Å². The van der Waals surface area contributed by atoms with Gasteiger partial charge in [-0.3, -0.25) is 0 Å². The summed E-state index contributed by atoms with van der Waals surface area (Å²) in [6, 6.07) is 1.66. The highest BCUT2D eigenvalue weighted by Crippen LogP contribution is 2.34. The Bertz CT molecular complexity index is 266. The fourth-order valence-electron chi connectivity index (χ4n) is 1.26. The molecule has 2 nitrogen and oxygen atoms in total. The van der Waals surface area contributed by atoms with Gasteiger partial charge in [0.25, 0.3) is 0 Å². The van der Waals surface area contributed by atoms with Crippen LogP contribution in [0, 0.1) is 6.42 Å². The van der Waals surface area contributed by atoms with E-state index in [1.807, 2.05) is 0 Å². The predicted molar refractivity (Wildman–Crippen MR) is 39.8 cm³/mol. The molecule has 1 radical (unpaired) electrons. The lowest BCUT2D eigenvalue weighted by molar-refractivity contribution is 0.0559. The van der Waals surface area contributed by atoms with E-state index in [1.165, 1.54) is 6.20 Å². The summed E-state index contributed by atoms with van der Waals surface area (Å²) >= 11 is 0. The van der Waals surface area contributed by atoms with Crippen molar-refractivity contribution in [1.82, 2.24) is 9.78 Å². The van der Waals surface area contributed by atoms with Crippen LogP contribution in [0.25, 0.3) is 0 Å². The average molecular weight is 171 g/mol. The maximum atomic E-state index is 12.1. The van der Waals surface area contributed by atoms with Crippen molar-refractivity contribution in [3.63, 3.8) is 0 Å². The zero-order chi connectivity index (χ0) is 8.55. The summed E-state index contributed by atoms with van der Waals surface area (Å²) in [6.45, 7) is -2.51. The predicted octanol–water partition coefficient (Wildman–Crippen LogP) is 2.36. The van der Waals surface area contributed by atoms with Gasteiger partial charge in [-0.25, -0.2) is 4.68 Å². The third kappa shape index (κ3) is 1.21. The van der Waals surface area contributed by atoms with Gasteiger partial charge >= 0.3 is 6.55 Å². The molecule has 1 aromatic heterocycles. The number of aromatic nitrogens is 2. The Hall–Kier alpha value is -0.930. The van der Waals surface area contributed by atoms with Crippen LogP contribution in [0.1, 0.15) is 31.0 Å². The van der Waals surface area contributed by atoms with Crippen LogP contribution < -0.4 is 0 Å². The van der Waals surface area contributed by atoms with Gasteiger partial charge in [0.15, 0.2) is 0 Å². The molecule has 1 aliphatic carbocycles. The highest BCUT2D eigenvalue weighted by molar-refractivity contribution is 5.15. The van der Waals surface area contributed by atoms with E-state index in [-0.39, 0.29) is 0 Å². The highest BCUT2D eigenvalue weighted by Gasteiger charge is 2.22. The number of rotatable bonds is 2. The molecule has 1 fully saturated rings. The van der Waals surface area contributed by atoms with E-state index in [9.17, 15) is 8.78 Å². The summed E-state index contributed by atoms with van der Waals surface area (Å²) in [6.07, 6.45) is 5.54. The number of alkyl halides is 2. The topological polar surface area (TPSA) is 17.8 Å². The third-order valence-corrected chi connectivity index (χ3v) is 2.14. The highest BCUT2D eigenvalue weighted by atomic mass is 19.3. The Balaban J connectivity index is 2.12. The molecule has 1 aromatic rings. The van der Waals surface area contributed by atoms with Crippen molar-refractivity contribution in [2.24, 2.45) is 0 Å². The zero-order valence-corrected chi connectivity index (χ0v) is 6.45. The Morgan fingerprint density at radius 2 is 2.33 bits per heavy atom. The van der Waals surface area contributed by atoms with Crippen LogP contribution in [0.3, 0.4) is 0 Å². The average Bonchev–Trinajstić information content (AvgIpc) is 2.32. The van der Waals surface area contributed by atoms with Crippen LogP contribution in [0.2, 0.25) is 0 Å². The van der Waals surface area contributed by atoms with Crippen molar-refractivity contribution in [2.45, 2.75) is 25.3 Å². The van der Waals surface area contributed by atoms with E-state index in [1.54, 1.807) is 6.07 Å². The molecule has 4 heteroatoms. The molecule has 0 amide bonds. The summed E-state index contributed by atoms with van der Waals surface area (Å²) in [5.41, 5.74) is 0.765. The van der Waals surface area contributed by atoms with Gasteiger partial charge in [0, 0.05) is 12.1 Å². The van der Waals surface area contributed by atoms with Crippen LogP contribution in [0.15, 0.2) is 12.3 Å². The van der Waals surface area contributed by atoms with Gasteiger partial charge in [0.2, 0.25) is 0 Å². The van der Waals surface area contributed by atoms with Crippen molar-refractivity contribution in [2.75, 3.05) is 0 Å². The van der Waals surface area contributed by atoms with E-state index in [0.29, 0.717) is 10.6 Å². The monoisotopic (exact) mass is 171 g/mol. The normalized spacial score (nSPS) is 18.2. The maximum Gasteiger partial charge on any atom is 0.333 e. The second-order valence-corrected chi connectivity index (χ2v) is 2.92. The summed E-state index contributed by atoms with van der Waals surface area (Å²) < 4.78 is 24.8. The molecule has 2 rings (SSSR count). The summed E-state index contributed by atoms with van der Waals surface area (Å²) in [4.78, 5) is 0. The Morgan fingerprint density at radius 1 is 1.58 bits per heavy atom. The van der Waals surface area contributed by atoms with Crippen LogP contribution >= 0.6 is 0 Å². The number of hydrogen-bond donors (Lipinski definition) is 0. The Kier molecular flexibility index (Phi) is 1.83. The quantitative estimate of drug-likeness (QED) is 0.667. The Morgan fingerprint density at radius 3 is 2.75 bits per heavy atom. The van der Waals surface area contributed by atoms with Gasteiger partial charge in [0.1, 0.15) is 0 Å².